The van der Waals surface area contributed by atoms with E-state index in [9.17, 15) is 4.79 Å². The van der Waals surface area contributed by atoms with Crippen molar-refractivity contribution < 1.29 is 9.15 Å². The van der Waals surface area contributed by atoms with Gasteiger partial charge < -0.3 is 9.15 Å². The largest absolute Gasteiger partial charge is 0.424 e. The molecule has 1 aromatic carbocycles. The molecule has 2 aromatic heterocycles. The molecule has 3 aromatic rings. The van der Waals surface area contributed by atoms with Gasteiger partial charge in [-0.25, -0.2) is 14.8 Å². The monoisotopic (exact) mass is 240 g/mol. The molecule has 18 heavy (non-hydrogen) atoms. The van der Waals surface area contributed by atoms with Gasteiger partial charge in [0.05, 0.1) is 0 Å². The molecule has 0 fully saturated rings. The molecule has 0 aliphatic rings. The van der Waals surface area contributed by atoms with Crippen LogP contribution in [0.3, 0.4) is 0 Å². The number of ether oxygens (including phenoxy) is 1. The molecule has 0 N–H and O–H groups in total. The first kappa shape index (κ1) is 10.5. The van der Waals surface area contributed by atoms with Gasteiger partial charge in [0.2, 0.25) is 0 Å². The number of rotatable bonds is 2. The van der Waals surface area contributed by atoms with E-state index in [1.165, 1.54) is 6.07 Å². The van der Waals surface area contributed by atoms with Crippen LogP contribution in [0.25, 0.3) is 11.0 Å². The second-order valence-corrected chi connectivity index (χ2v) is 3.59. The van der Waals surface area contributed by atoms with E-state index in [0.29, 0.717) is 11.3 Å². The summed E-state index contributed by atoms with van der Waals surface area (Å²) >= 11 is 0. The van der Waals surface area contributed by atoms with Crippen molar-refractivity contribution in [2.75, 3.05) is 0 Å². The van der Waals surface area contributed by atoms with Crippen LogP contribution < -0.4 is 10.4 Å². The van der Waals surface area contributed by atoms with E-state index in [4.69, 9.17) is 9.15 Å². The van der Waals surface area contributed by atoms with Crippen LogP contribution >= 0.6 is 0 Å². The molecule has 0 unspecified atom stereocenters. The van der Waals surface area contributed by atoms with E-state index in [1.807, 2.05) is 0 Å². The summed E-state index contributed by atoms with van der Waals surface area (Å²) in [6.07, 6.45) is 3.17. The van der Waals surface area contributed by atoms with Gasteiger partial charge in [-0.05, 0) is 24.3 Å². The molecule has 88 valence electrons. The Labute approximate surface area is 102 Å². The lowest BCUT2D eigenvalue weighted by atomic mass is 10.2. The quantitative estimate of drug-likeness (QED) is 0.643. The fourth-order valence-electron chi connectivity index (χ4n) is 1.55. The molecule has 0 amide bonds. The van der Waals surface area contributed by atoms with E-state index in [1.54, 1.807) is 42.7 Å². The van der Waals surface area contributed by atoms with E-state index in [0.717, 1.165) is 5.39 Å². The zero-order chi connectivity index (χ0) is 12.4. The first-order valence-corrected chi connectivity index (χ1v) is 5.30. The lowest BCUT2D eigenvalue weighted by Gasteiger charge is -2.03. The van der Waals surface area contributed by atoms with Gasteiger partial charge in [-0.3, -0.25) is 0 Å². The molecular weight excluding hydrogens is 232 g/mol. The van der Waals surface area contributed by atoms with Crippen molar-refractivity contribution in [3.63, 3.8) is 0 Å². The average Bonchev–Trinajstić information content (AvgIpc) is 2.39. The summed E-state index contributed by atoms with van der Waals surface area (Å²) < 4.78 is 10.5. The second-order valence-electron chi connectivity index (χ2n) is 3.59. The second kappa shape index (κ2) is 4.29. The Morgan fingerprint density at radius 2 is 1.83 bits per heavy atom. The zero-order valence-electron chi connectivity index (χ0n) is 9.24. The summed E-state index contributed by atoms with van der Waals surface area (Å²) in [5.74, 6) is 0.517. The summed E-state index contributed by atoms with van der Waals surface area (Å²) in [7, 11) is 0. The Hall–Kier alpha value is -2.69. The van der Waals surface area contributed by atoms with Gasteiger partial charge in [0.15, 0.2) is 0 Å². The molecule has 0 bridgehead atoms. The minimum absolute atomic E-state index is 0.245. The minimum Gasteiger partial charge on any atom is -0.424 e. The van der Waals surface area contributed by atoms with E-state index >= 15 is 0 Å². The predicted octanol–water partition coefficient (Wildman–Crippen LogP) is 2.38. The van der Waals surface area contributed by atoms with Gasteiger partial charge in [0, 0.05) is 29.9 Å². The Morgan fingerprint density at radius 1 is 1.06 bits per heavy atom. The Morgan fingerprint density at radius 3 is 2.67 bits per heavy atom. The topological polar surface area (TPSA) is 65.2 Å². The number of hydrogen-bond acceptors (Lipinski definition) is 5. The van der Waals surface area contributed by atoms with Crippen LogP contribution in [0.4, 0.5) is 0 Å². The molecule has 0 saturated carbocycles. The van der Waals surface area contributed by atoms with Crippen LogP contribution in [0, 0.1) is 0 Å². The van der Waals surface area contributed by atoms with E-state index < -0.39 is 5.63 Å². The molecule has 2 heterocycles. The summed E-state index contributed by atoms with van der Waals surface area (Å²) in [5.41, 5.74) is 0.0755. The highest BCUT2D eigenvalue weighted by atomic mass is 16.5. The summed E-state index contributed by atoms with van der Waals surface area (Å²) in [5, 5.41) is 0.830. The van der Waals surface area contributed by atoms with Gasteiger partial charge in [0.1, 0.15) is 11.3 Å². The highest BCUT2D eigenvalue weighted by Crippen LogP contribution is 2.22. The zero-order valence-corrected chi connectivity index (χ0v) is 9.24. The number of aromatic nitrogens is 2. The van der Waals surface area contributed by atoms with Crippen molar-refractivity contribution in [3.05, 3.63) is 59.2 Å². The smallest absolute Gasteiger partial charge is 0.336 e. The van der Waals surface area contributed by atoms with Gasteiger partial charge >= 0.3 is 11.6 Å². The molecule has 0 atom stereocenters. The first-order valence-electron chi connectivity index (χ1n) is 5.30. The van der Waals surface area contributed by atoms with Gasteiger partial charge in [-0.2, -0.15) is 0 Å². The maximum atomic E-state index is 11.1. The molecule has 0 spiro atoms. The third kappa shape index (κ3) is 2.06. The number of hydrogen-bond donors (Lipinski definition) is 0. The number of fused-ring (bicyclic) bond motifs is 1. The summed E-state index contributed by atoms with van der Waals surface area (Å²) in [6, 6.07) is 10.2. The molecule has 0 saturated heterocycles. The normalized spacial score (nSPS) is 10.4. The fraction of sp³-hybridized carbons (Fsp3) is 0. The van der Waals surface area contributed by atoms with Crippen LogP contribution in [0.2, 0.25) is 0 Å². The molecule has 5 nitrogen and oxygen atoms in total. The maximum absolute atomic E-state index is 11.1. The van der Waals surface area contributed by atoms with Crippen molar-refractivity contribution in [1.29, 1.82) is 0 Å². The van der Waals surface area contributed by atoms with Gasteiger partial charge in [0.25, 0.3) is 0 Å². The summed E-state index contributed by atoms with van der Waals surface area (Å²) in [4.78, 5) is 19.0. The standard InChI is InChI=1S/C13H8N2O3/c16-12-5-3-9-2-4-10(8-11(9)18-12)17-13-14-6-1-7-15-13/h1-8H. The molecule has 0 aliphatic heterocycles. The van der Waals surface area contributed by atoms with Crippen LogP contribution in [-0.2, 0) is 0 Å². The highest BCUT2D eigenvalue weighted by Gasteiger charge is 2.02. The Kier molecular flexibility index (Phi) is 2.49. The Bertz CT molecular complexity index is 738. The lowest BCUT2D eigenvalue weighted by Crippen LogP contribution is -1.95. The molecule has 3 rings (SSSR count). The van der Waals surface area contributed by atoms with Crippen molar-refractivity contribution in [2.45, 2.75) is 0 Å². The van der Waals surface area contributed by atoms with Crippen LogP contribution in [0.15, 0.2) is 58.0 Å². The van der Waals surface area contributed by atoms with Gasteiger partial charge in [-0.15, -0.1) is 0 Å². The van der Waals surface area contributed by atoms with Crippen molar-refractivity contribution >= 4 is 11.0 Å². The lowest BCUT2D eigenvalue weighted by molar-refractivity contribution is 0.440. The van der Waals surface area contributed by atoms with E-state index in [-0.39, 0.29) is 6.01 Å². The molecule has 0 radical (unpaired) electrons. The number of nitrogens with zero attached hydrogens (tertiary/aromatic N) is 2. The SMILES string of the molecule is O=c1ccc2ccc(Oc3ncccn3)cc2o1. The predicted molar refractivity (Wildman–Crippen MR) is 64.6 cm³/mol. The molecular formula is C13H8N2O3. The summed E-state index contributed by atoms with van der Waals surface area (Å²) in [6.45, 7) is 0. The van der Waals surface area contributed by atoms with Crippen LogP contribution in [0.1, 0.15) is 0 Å². The minimum atomic E-state index is -0.393. The third-order valence-electron chi connectivity index (χ3n) is 2.35. The average molecular weight is 240 g/mol. The van der Waals surface area contributed by atoms with E-state index in [2.05, 4.69) is 9.97 Å². The first-order chi connectivity index (χ1) is 8.81. The van der Waals surface area contributed by atoms with Gasteiger partial charge in [-0.1, -0.05) is 0 Å². The maximum Gasteiger partial charge on any atom is 0.336 e. The molecule has 5 heteroatoms. The fourth-order valence-corrected chi connectivity index (χ4v) is 1.55. The number of benzene rings is 1. The third-order valence-corrected chi connectivity index (χ3v) is 2.35. The van der Waals surface area contributed by atoms with Crippen molar-refractivity contribution in [1.82, 2.24) is 9.97 Å². The Balaban J connectivity index is 2.00. The highest BCUT2D eigenvalue weighted by molar-refractivity contribution is 5.77. The van der Waals surface area contributed by atoms with Crippen molar-refractivity contribution in [2.24, 2.45) is 0 Å². The van der Waals surface area contributed by atoms with Crippen molar-refractivity contribution in [3.8, 4) is 11.8 Å². The van der Waals surface area contributed by atoms with Crippen LogP contribution in [0.5, 0.6) is 11.8 Å². The van der Waals surface area contributed by atoms with Crippen LogP contribution in [-0.4, -0.2) is 9.97 Å². The molecule has 0 aliphatic carbocycles.